The summed E-state index contributed by atoms with van der Waals surface area (Å²) in [4.78, 5) is 24.4. The molecule has 1 aliphatic heterocycles. The summed E-state index contributed by atoms with van der Waals surface area (Å²) < 4.78 is 33.0. The van der Waals surface area contributed by atoms with Gasteiger partial charge in [0.1, 0.15) is 24.1 Å². The van der Waals surface area contributed by atoms with Gasteiger partial charge < -0.3 is 31.3 Å². The van der Waals surface area contributed by atoms with Crippen LogP contribution in [-0.2, 0) is 25.9 Å². The monoisotopic (exact) mass is 576 g/mol. The molecule has 1 fully saturated rings. The Bertz CT molecular complexity index is 1460. The quantitative estimate of drug-likeness (QED) is 0.225. The number of nitrogens with zero attached hydrogens (tertiary/aromatic N) is 5. The molecule has 40 heavy (non-hydrogen) atoms. The molecule has 3 heterocycles. The molecule has 1 aromatic carbocycles. The largest absolute Gasteiger partial charge is 0.385 e. The number of nitrogen functional groups attached to an aromatic ring is 1. The number of hydrogen-bond acceptors (Lipinski definition) is 10. The molecular formula is C25H36N8O6S. The fourth-order valence-electron chi connectivity index (χ4n) is 4.48. The van der Waals surface area contributed by atoms with Crippen molar-refractivity contribution in [3.05, 3.63) is 42.5 Å². The molecule has 14 nitrogen and oxygen atoms in total. The molecular weight excluding hydrogens is 540 g/mol. The summed E-state index contributed by atoms with van der Waals surface area (Å²) in [5, 5.41) is 27.7. The summed E-state index contributed by atoms with van der Waals surface area (Å²) in [7, 11) is -3.70. The minimum atomic E-state index is -3.70. The lowest BCUT2D eigenvalue weighted by Crippen LogP contribution is -2.49. The summed E-state index contributed by atoms with van der Waals surface area (Å²) in [6.45, 7) is 6.04. The van der Waals surface area contributed by atoms with E-state index in [0.29, 0.717) is 12.1 Å². The second-order valence-corrected chi connectivity index (χ2v) is 12.9. The molecule has 15 heteroatoms. The van der Waals surface area contributed by atoms with Crippen LogP contribution in [0.15, 0.2) is 36.9 Å². The number of aromatic nitrogens is 4. The second-order valence-electron chi connectivity index (χ2n) is 10.9. The molecule has 1 saturated heterocycles. The molecule has 0 unspecified atom stereocenters. The van der Waals surface area contributed by atoms with Gasteiger partial charge in [0, 0.05) is 25.3 Å². The van der Waals surface area contributed by atoms with Crippen LogP contribution in [0.25, 0.3) is 11.2 Å². The number of carbonyl (C=O) groups excluding carboxylic acids is 1. The van der Waals surface area contributed by atoms with Crippen LogP contribution in [0.4, 0.5) is 16.3 Å². The molecule has 4 rings (SSSR count). The maximum atomic E-state index is 12.5. The normalized spacial score (nSPS) is 21.7. The average molecular weight is 577 g/mol. The van der Waals surface area contributed by atoms with E-state index in [-0.39, 0.29) is 48.6 Å². The van der Waals surface area contributed by atoms with Crippen LogP contribution in [0.2, 0.25) is 0 Å². The smallest absolute Gasteiger partial charge is 0.319 e. The van der Waals surface area contributed by atoms with Gasteiger partial charge in [-0.2, -0.15) is 4.31 Å². The van der Waals surface area contributed by atoms with Gasteiger partial charge in [-0.15, -0.1) is 0 Å². The predicted molar refractivity (Wildman–Crippen MR) is 149 cm³/mol. The Morgan fingerprint density at radius 1 is 1.25 bits per heavy atom. The van der Waals surface area contributed by atoms with Gasteiger partial charge in [-0.1, -0.05) is 32.9 Å². The number of hydrogen-bond donors (Lipinski definition) is 5. The molecule has 0 saturated carbocycles. The lowest BCUT2D eigenvalue weighted by molar-refractivity contribution is -0.108. The number of sulfonamides is 1. The molecule has 6 N–H and O–H groups in total. The van der Waals surface area contributed by atoms with E-state index >= 15 is 0 Å². The van der Waals surface area contributed by atoms with Gasteiger partial charge in [-0.25, -0.2) is 28.2 Å². The SMILES string of the molecule is CC(C)(C)c1ccc(NC(=O)NCCCN(C[C@H]2OC[C@](O)(n3cnc4c(N)ncnc43)[C@@H]2O)S(C)(=O)=O)cc1. The summed E-state index contributed by atoms with van der Waals surface area (Å²) in [6, 6.07) is 7.16. The lowest BCUT2D eigenvalue weighted by Gasteiger charge is -2.29. The summed E-state index contributed by atoms with van der Waals surface area (Å²) >= 11 is 0. The second kappa shape index (κ2) is 11.2. The zero-order chi connectivity index (χ0) is 29.3. The van der Waals surface area contributed by atoms with Crippen LogP contribution in [0.5, 0.6) is 0 Å². The first-order valence-electron chi connectivity index (χ1n) is 12.8. The van der Waals surface area contributed by atoms with Crippen molar-refractivity contribution in [1.82, 2.24) is 29.1 Å². The Morgan fingerprint density at radius 2 is 1.95 bits per heavy atom. The maximum Gasteiger partial charge on any atom is 0.319 e. The van der Waals surface area contributed by atoms with Crippen LogP contribution in [-0.4, -0.2) is 93.2 Å². The lowest BCUT2D eigenvalue weighted by atomic mass is 9.87. The van der Waals surface area contributed by atoms with E-state index in [2.05, 4.69) is 46.4 Å². The van der Waals surface area contributed by atoms with Crippen molar-refractivity contribution in [2.75, 3.05) is 43.5 Å². The minimum Gasteiger partial charge on any atom is -0.385 e. The van der Waals surface area contributed by atoms with E-state index in [1.807, 2.05) is 24.3 Å². The van der Waals surface area contributed by atoms with Crippen molar-refractivity contribution in [1.29, 1.82) is 0 Å². The van der Waals surface area contributed by atoms with Crippen LogP contribution < -0.4 is 16.4 Å². The van der Waals surface area contributed by atoms with Crippen molar-refractivity contribution < 1.29 is 28.2 Å². The van der Waals surface area contributed by atoms with Crippen molar-refractivity contribution >= 4 is 38.7 Å². The van der Waals surface area contributed by atoms with E-state index < -0.39 is 34.0 Å². The Labute approximate surface area is 232 Å². The minimum absolute atomic E-state index is 0.00185. The van der Waals surface area contributed by atoms with Crippen LogP contribution in [0.1, 0.15) is 32.8 Å². The highest BCUT2D eigenvalue weighted by Gasteiger charge is 2.51. The van der Waals surface area contributed by atoms with Gasteiger partial charge in [0.05, 0.1) is 19.2 Å². The van der Waals surface area contributed by atoms with Gasteiger partial charge in [-0.05, 0) is 29.5 Å². The Morgan fingerprint density at radius 3 is 2.60 bits per heavy atom. The number of benzene rings is 1. The topological polar surface area (TPSA) is 198 Å². The number of anilines is 2. The fraction of sp³-hybridized carbons (Fsp3) is 0.520. The third-order valence-electron chi connectivity index (χ3n) is 6.85. The number of ether oxygens (including phenoxy) is 1. The van der Waals surface area contributed by atoms with Crippen LogP contribution in [0, 0.1) is 0 Å². The number of aliphatic hydroxyl groups excluding tert-OH is 1. The van der Waals surface area contributed by atoms with E-state index in [0.717, 1.165) is 16.1 Å². The molecule has 2 amide bonds. The van der Waals surface area contributed by atoms with Crippen LogP contribution in [0.3, 0.4) is 0 Å². The van der Waals surface area contributed by atoms with Crippen molar-refractivity contribution in [3.8, 4) is 0 Å². The number of carbonyl (C=O) groups is 1. The number of nitrogens with one attached hydrogen (secondary N) is 2. The molecule has 218 valence electrons. The highest BCUT2D eigenvalue weighted by atomic mass is 32.2. The first-order valence-corrected chi connectivity index (χ1v) is 14.6. The van der Waals surface area contributed by atoms with Crippen molar-refractivity contribution in [3.63, 3.8) is 0 Å². The number of amides is 2. The Kier molecular flexibility index (Phi) is 8.33. The van der Waals surface area contributed by atoms with Gasteiger partial charge in [-0.3, -0.25) is 4.57 Å². The Hall–Kier alpha value is -3.37. The highest BCUT2D eigenvalue weighted by Crippen LogP contribution is 2.33. The van der Waals surface area contributed by atoms with Gasteiger partial charge in [0.2, 0.25) is 10.0 Å². The van der Waals surface area contributed by atoms with Gasteiger partial charge in [0.25, 0.3) is 0 Å². The average Bonchev–Trinajstić information content (AvgIpc) is 3.43. The standard InChI is InChI=1S/C25H36N8O6S/c1-24(2,3)16-6-8-17(9-7-16)31-23(35)27-10-5-11-32(40(4,37)38)12-18-20(34)25(36,13-39-18)33-15-30-19-21(26)28-14-29-22(19)33/h6-9,14-15,18,20,34,36H,5,10-13H2,1-4H3,(H2,26,28,29)(H2,27,31,35)/t18-,20-,25-/m1/s1. The Balaban J connectivity index is 1.32. The molecule has 2 aromatic heterocycles. The predicted octanol–water partition coefficient (Wildman–Crippen LogP) is 0.584. The van der Waals surface area contributed by atoms with E-state index in [9.17, 15) is 23.4 Å². The third kappa shape index (κ3) is 6.33. The highest BCUT2D eigenvalue weighted by molar-refractivity contribution is 7.88. The van der Waals surface area contributed by atoms with Crippen molar-refractivity contribution in [2.45, 2.75) is 50.5 Å². The fourth-order valence-corrected chi connectivity index (χ4v) is 5.36. The molecule has 3 atom stereocenters. The summed E-state index contributed by atoms with van der Waals surface area (Å²) in [5.74, 6) is 0.112. The molecule has 1 aliphatic rings. The molecule has 0 radical (unpaired) electrons. The zero-order valence-electron chi connectivity index (χ0n) is 22.9. The summed E-state index contributed by atoms with van der Waals surface area (Å²) in [5.41, 5.74) is 6.11. The molecule has 0 aliphatic carbocycles. The maximum absolute atomic E-state index is 12.5. The molecule has 0 spiro atoms. The number of nitrogens with two attached hydrogens (primary N) is 1. The molecule has 3 aromatic rings. The number of fused-ring (bicyclic) bond motifs is 1. The van der Waals surface area contributed by atoms with E-state index in [4.69, 9.17) is 10.5 Å². The first-order chi connectivity index (χ1) is 18.7. The van der Waals surface area contributed by atoms with E-state index in [1.54, 1.807) is 0 Å². The van der Waals surface area contributed by atoms with Gasteiger partial charge in [0.15, 0.2) is 17.2 Å². The van der Waals surface area contributed by atoms with Gasteiger partial charge >= 0.3 is 6.03 Å². The molecule has 0 bridgehead atoms. The van der Waals surface area contributed by atoms with E-state index in [1.165, 1.54) is 17.2 Å². The number of urea groups is 1. The number of aliphatic hydroxyl groups is 2. The zero-order valence-corrected chi connectivity index (χ0v) is 23.7. The third-order valence-corrected chi connectivity index (χ3v) is 8.12. The first kappa shape index (κ1) is 29.6. The van der Waals surface area contributed by atoms with Crippen molar-refractivity contribution in [2.24, 2.45) is 0 Å². The van der Waals surface area contributed by atoms with Crippen LogP contribution >= 0.6 is 0 Å². The number of imidazole rings is 1. The summed E-state index contributed by atoms with van der Waals surface area (Å²) in [6.07, 6.45) is 1.29. The number of rotatable bonds is 9.